The summed E-state index contributed by atoms with van der Waals surface area (Å²) >= 11 is 1.43. The Morgan fingerprint density at radius 2 is 1.80 bits per heavy atom. The SMILES string of the molecule is CSc1nc(N)nc(Nc2ccc3ccccc3c2)n1. The molecule has 0 aliphatic carbocycles. The standard InChI is InChI=1S/C14H13N5S/c1-20-14-18-12(15)17-13(19-14)16-11-7-6-9-4-2-3-5-10(9)8-11/h2-8H,1H3,(H3,15,16,17,18,19). The monoisotopic (exact) mass is 283 g/mol. The van der Waals surface area contributed by atoms with Gasteiger partial charge >= 0.3 is 0 Å². The predicted octanol–water partition coefficient (Wildman–Crippen LogP) is 3.07. The van der Waals surface area contributed by atoms with Gasteiger partial charge in [-0.2, -0.15) is 15.0 Å². The molecule has 5 nitrogen and oxygen atoms in total. The number of benzene rings is 2. The smallest absolute Gasteiger partial charge is 0.233 e. The van der Waals surface area contributed by atoms with Gasteiger partial charge in [0.1, 0.15) is 0 Å². The Morgan fingerprint density at radius 1 is 1.00 bits per heavy atom. The van der Waals surface area contributed by atoms with Gasteiger partial charge < -0.3 is 11.1 Å². The molecule has 0 saturated carbocycles. The van der Waals surface area contributed by atoms with Crippen molar-refractivity contribution in [1.29, 1.82) is 0 Å². The summed E-state index contributed by atoms with van der Waals surface area (Å²) in [5.74, 6) is 0.671. The zero-order valence-corrected chi connectivity index (χ0v) is 11.7. The lowest BCUT2D eigenvalue weighted by Crippen LogP contribution is -2.04. The maximum Gasteiger partial charge on any atom is 0.233 e. The lowest BCUT2D eigenvalue weighted by atomic mass is 10.1. The van der Waals surface area contributed by atoms with Gasteiger partial charge in [-0.25, -0.2) is 0 Å². The minimum atomic E-state index is 0.215. The summed E-state index contributed by atoms with van der Waals surface area (Å²) in [6.45, 7) is 0. The number of aromatic nitrogens is 3. The summed E-state index contributed by atoms with van der Waals surface area (Å²) in [6, 6.07) is 14.3. The van der Waals surface area contributed by atoms with E-state index in [-0.39, 0.29) is 5.95 Å². The number of hydrogen-bond acceptors (Lipinski definition) is 6. The highest BCUT2D eigenvalue weighted by molar-refractivity contribution is 7.98. The number of nitrogens with one attached hydrogen (secondary N) is 1. The van der Waals surface area contributed by atoms with Crippen LogP contribution >= 0.6 is 11.8 Å². The fraction of sp³-hybridized carbons (Fsp3) is 0.0714. The minimum absolute atomic E-state index is 0.215. The molecule has 0 aliphatic heterocycles. The van der Waals surface area contributed by atoms with Gasteiger partial charge in [0, 0.05) is 5.69 Å². The fourth-order valence-electron chi connectivity index (χ4n) is 1.92. The van der Waals surface area contributed by atoms with Gasteiger partial charge in [-0.15, -0.1) is 0 Å². The van der Waals surface area contributed by atoms with Crippen molar-refractivity contribution < 1.29 is 0 Å². The van der Waals surface area contributed by atoms with E-state index in [1.54, 1.807) is 0 Å². The average Bonchev–Trinajstić information content (AvgIpc) is 2.46. The van der Waals surface area contributed by atoms with E-state index in [2.05, 4.69) is 38.5 Å². The van der Waals surface area contributed by atoms with Crippen molar-refractivity contribution in [3.8, 4) is 0 Å². The summed E-state index contributed by atoms with van der Waals surface area (Å²) in [6.07, 6.45) is 1.90. The fourth-order valence-corrected chi connectivity index (χ4v) is 2.28. The molecular weight excluding hydrogens is 270 g/mol. The van der Waals surface area contributed by atoms with Crippen LogP contribution in [0.2, 0.25) is 0 Å². The Balaban J connectivity index is 1.94. The van der Waals surface area contributed by atoms with Gasteiger partial charge in [0.2, 0.25) is 11.9 Å². The molecule has 3 rings (SSSR count). The van der Waals surface area contributed by atoms with Crippen molar-refractivity contribution in [3.05, 3.63) is 42.5 Å². The second-order valence-corrected chi connectivity index (χ2v) is 4.96. The molecule has 1 aromatic heterocycles. The van der Waals surface area contributed by atoms with E-state index in [1.807, 2.05) is 30.5 Å². The molecular formula is C14H13N5S. The summed E-state index contributed by atoms with van der Waals surface area (Å²) in [7, 11) is 0. The van der Waals surface area contributed by atoms with Crippen LogP contribution in [0.3, 0.4) is 0 Å². The Kier molecular flexibility index (Phi) is 3.39. The number of nitrogens with zero attached hydrogens (tertiary/aromatic N) is 3. The molecule has 0 unspecified atom stereocenters. The first-order chi connectivity index (χ1) is 9.74. The van der Waals surface area contributed by atoms with E-state index in [0.717, 1.165) is 11.1 Å². The summed E-state index contributed by atoms with van der Waals surface area (Å²) in [4.78, 5) is 12.4. The number of nitrogen functional groups attached to an aromatic ring is 1. The summed E-state index contributed by atoms with van der Waals surface area (Å²) < 4.78 is 0. The molecule has 0 amide bonds. The second-order valence-electron chi connectivity index (χ2n) is 4.19. The van der Waals surface area contributed by atoms with Crippen LogP contribution in [-0.4, -0.2) is 21.2 Å². The number of anilines is 3. The molecule has 0 fully saturated rings. The lowest BCUT2D eigenvalue weighted by molar-refractivity contribution is 0.927. The largest absolute Gasteiger partial charge is 0.368 e. The molecule has 3 aromatic rings. The van der Waals surface area contributed by atoms with Crippen LogP contribution < -0.4 is 11.1 Å². The molecule has 0 aliphatic rings. The maximum absolute atomic E-state index is 5.66. The minimum Gasteiger partial charge on any atom is -0.368 e. The van der Waals surface area contributed by atoms with Crippen LogP contribution in [-0.2, 0) is 0 Å². The Hall–Kier alpha value is -2.34. The van der Waals surface area contributed by atoms with Gasteiger partial charge in [-0.3, -0.25) is 0 Å². The first-order valence-electron chi connectivity index (χ1n) is 6.06. The Bertz CT molecular complexity index is 759. The third kappa shape index (κ3) is 2.65. The zero-order chi connectivity index (χ0) is 13.9. The predicted molar refractivity (Wildman–Crippen MR) is 83.3 cm³/mol. The third-order valence-corrected chi connectivity index (χ3v) is 3.37. The second kappa shape index (κ2) is 5.34. The number of rotatable bonds is 3. The highest BCUT2D eigenvalue weighted by Gasteiger charge is 2.04. The average molecular weight is 283 g/mol. The van der Waals surface area contributed by atoms with Gasteiger partial charge in [0.15, 0.2) is 5.16 Å². The van der Waals surface area contributed by atoms with Gasteiger partial charge in [0.05, 0.1) is 0 Å². The van der Waals surface area contributed by atoms with Gasteiger partial charge in [-0.1, -0.05) is 42.1 Å². The first kappa shape index (κ1) is 12.7. The molecule has 0 saturated heterocycles. The summed E-state index contributed by atoms with van der Waals surface area (Å²) in [5, 5.41) is 6.10. The molecule has 0 radical (unpaired) electrons. The molecule has 2 aromatic carbocycles. The molecule has 3 N–H and O–H groups in total. The van der Waals surface area contributed by atoms with Crippen LogP contribution in [0.15, 0.2) is 47.6 Å². The van der Waals surface area contributed by atoms with E-state index in [1.165, 1.54) is 17.1 Å². The molecule has 0 atom stereocenters. The van der Waals surface area contributed by atoms with Gasteiger partial charge in [0.25, 0.3) is 0 Å². The molecule has 100 valence electrons. The van der Waals surface area contributed by atoms with Crippen LogP contribution in [0.1, 0.15) is 0 Å². The molecule has 0 bridgehead atoms. The number of thioether (sulfide) groups is 1. The van der Waals surface area contributed by atoms with E-state index in [9.17, 15) is 0 Å². The van der Waals surface area contributed by atoms with E-state index >= 15 is 0 Å². The summed E-state index contributed by atoms with van der Waals surface area (Å²) in [5.41, 5.74) is 6.58. The van der Waals surface area contributed by atoms with Crippen molar-refractivity contribution in [2.24, 2.45) is 0 Å². The molecule has 6 heteroatoms. The Morgan fingerprint density at radius 3 is 2.60 bits per heavy atom. The molecule has 1 heterocycles. The normalized spacial score (nSPS) is 10.7. The van der Waals surface area contributed by atoms with E-state index in [4.69, 9.17) is 5.73 Å². The van der Waals surface area contributed by atoms with Crippen molar-refractivity contribution >= 4 is 40.1 Å². The van der Waals surface area contributed by atoms with Crippen molar-refractivity contribution in [3.63, 3.8) is 0 Å². The van der Waals surface area contributed by atoms with E-state index < -0.39 is 0 Å². The quantitative estimate of drug-likeness (QED) is 0.719. The van der Waals surface area contributed by atoms with Crippen LogP contribution in [0.25, 0.3) is 10.8 Å². The van der Waals surface area contributed by atoms with Crippen molar-refractivity contribution in [1.82, 2.24) is 15.0 Å². The van der Waals surface area contributed by atoms with E-state index in [0.29, 0.717) is 11.1 Å². The maximum atomic E-state index is 5.66. The number of fused-ring (bicyclic) bond motifs is 1. The lowest BCUT2D eigenvalue weighted by Gasteiger charge is -2.07. The third-order valence-electron chi connectivity index (χ3n) is 2.82. The zero-order valence-electron chi connectivity index (χ0n) is 10.9. The Labute approximate surface area is 120 Å². The molecule has 0 spiro atoms. The van der Waals surface area contributed by atoms with Gasteiger partial charge in [-0.05, 0) is 29.2 Å². The van der Waals surface area contributed by atoms with Crippen LogP contribution in [0, 0.1) is 0 Å². The highest BCUT2D eigenvalue weighted by atomic mass is 32.2. The number of nitrogens with two attached hydrogens (primary N) is 1. The first-order valence-corrected chi connectivity index (χ1v) is 7.28. The van der Waals surface area contributed by atoms with Crippen molar-refractivity contribution in [2.45, 2.75) is 5.16 Å². The molecule has 20 heavy (non-hydrogen) atoms. The van der Waals surface area contributed by atoms with Crippen LogP contribution in [0.5, 0.6) is 0 Å². The van der Waals surface area contributed by atoms with Crippen LogP contribution in [0.4, 0.5) is 17.6 Å². The highest BCUT2D eigenvalue weighted by Crippen LogP contribution is 2.21. The topological polar surface area (TPSA) is 76.7 Å². The van der Waals surface area contributed by atoms with Crippen molar-refractivity contribution in [2.75, 3.05) is 17.3 Å². The number of hydrogen-bond donors (Lipinski definition) is 2.